The first-order chi connectivity index (χ1) is 11.1. The quantitative estimate of drug-likeness (QED) is 0.535. The molecule has 0 amide bonds. The minimum atomic E-state index is 0.667. The Bertz CT molecular complexity index is 723. The van der Waals surface area contributed by atoms with Crippen LogP contribution < -0.4 is 0 Å². The second kappa shape index (κ2) is 8.41. The molecule has 0 fully saturated rings. The van der Waals surface area contributed by atoms with E-state index >= 15 is 0 Å². The van der Waals surface area contributed by atoms with E-state index < -0.39 is 0 Å². The van der Waals surface area contributed by atoms with E-state index in [-0.39, 0.29) is 0 Å². The van der Waals surface area contributed by atoms with Crippen molar-refractivity contribution >= 4 is 6.08 Å². The van der Waals surface area contributed by atoms with E-state index in [9.17, 15) is 0 Å². The second-order valence-electron chi connectivity index (χ2n) is 5.73. The molecule has 1 heteroatoms. The molecule has 23 heavy (non-hydrogen) atoms. The molecule has 0 radical (unpaired) electrons. The van der Waals surface area contributed by atoms with E-state index in [1.165, 1.54) is 28.7 Å². The SMILES string of the molecule is C=CC(=C)C.CCC1=Cc2c(-c3ccccc3)cccc2[CH]1[Zr]. The summed E-state index contributed by atoms with van der Waals surface area (Å²) < 4.78 is 0.667. The van der Waals surface area contributed by atoms with Crippen LogP contribution in [-0.2, 0) is 24.7 Å². The van der Waals surface area contributed by atoms with Gasteiger partial charge in [-0.15, -0.1) is 0 Å². The van der Waals surface area contributed by atoms with E-state index in [1.54, 1.807) is 36.4 Å². The van der Waals surface area contributed by atoms with Crippen molar-refractivity contribution < 1.29 is 24.7 Å². The number of hydrogen-bond acceptors (Lipinski definition) is 0. The number of allylic oxidation sites excluding steroid dienone is 3. The maximum atomic E-state index is 3.56. The third kappa shape index (κ3) is 4.30. The van der Waals surface area contributed by atoms with Crippen LogP contribution in [0.2, 0.25) is 0 Å². The van der Waals surface area contributed by atoms with Gasteiger partial charge in [0.2, 0.25) is 0 Å². The zero-order valence-corrected chi connectivity index (χ0v) is 16.4. The molecule has 2 aromatic carbocycles. The number of rotatable bonds is 3. The third-order valence-electron chi connectivity index (χ3n) is 3.99. The van der Waals surface area contributed by atoms with E-state index in [4.69, 9.17) is 0 Å². The molecule has 1 unspecified atom stereocenters. The van der Waals surface area contributed by atoms with Crippen LogP contribution in [0.25, 0.3) is 17.2 Å². The summed E-state index contributed by atoms with van der Waals surface area (Å²) in [5, 5.41) is 0. The van der Waals surface area contributed by atoms with Crippen molar-refractivity contribution in [3.63, 3.8) is 0 Å². The van der Waals surface area contributed by atoms with Gasteiger partial charge in [-0.25, -0.2) is 0 Å². The molecule has 0 N–H and O–H groups in total. The zero-order valence-electron chi connectivity index (χ0n) is 14.0. The van der Waals surface area contributed by atoms with Gasteiger partial charge in [-0.05, 0) is 6.92 Å². The Morgan fingerprint density at radius 1 is 1.13 bits per heavy atom. The summed E-state index contributed by atoms with van der Waals surface area (Å²) in [6.07, 6.45) is 5.30. The van der Waals surface area contributed by atoms with Crippen molar-refractivity contribution in [1.29, 1.82) is 0 Å². The summed E-state index contributed by atoms with van der Waals surface area (Å²) in [7, 11) is 0. The normalized spacial score (nSPS) is 15.0. The van der Waals surface area contributed by atoms with Crippen molar-refractivity contribution in [2.24, 2.45) is 0 Å². The molecule has 0 bridgehead atoms. The summed E-state index contributed by atoms with van der Waals surface area (Å²) in [5.41, 5.74) is 8.28. The summed E-state index contributed by atoms with van der Waals surface area (Å²) in [6.45, 7) is 11.2. The van der Waals surface area contributed by atoms with Gasteiger partial charge in [-0.2, -0.15) is 0 Å². The second-order valence-corrected chi connectivity index (χ2v) is 7.15. The first-order valence-electron chi connectivity index (χ1n) is 7.96. The van der Waals surface area contributed by atoms with Gasteiger partial charge in [0.05, 0.1) is 0 Å². The van der Waals surface area contributed by atoms with Crippen molar-refractivity contribution in [3.05, 3.63) is 90.0 Å². The Labute approximate surface area is 155 Å². The average Bonchev–Trinajstić information content (AvgIpc) is 2.92. The van der Waals surface area contributed by atoms with E-state index in [0.29, 0.717) is 3.63 Å². The molecule has 0 spiro atoms. The molecule has 0 heterocycles. The van der Waals surface area contributed by atoms with Crippen LogP contribution in [0, 0.1) is 0 Å². The van der Waals surface area contributed by atoms with Crippen LogP contribution >= 0.6 is 0 Å². The molecular weight excluding hydrogens is 355 g/mol. The van der Waals surface area contributed by atoms with Gasteiger partial charge in [0.1, 0.15) is 0 Å². The average molecular weight is 379 g/mol. The minimum absolute atomic E-state index is 0.667. The summed E-state index contributed by atoms with van der Waals surface area (Å²) in [6, 6.07) is 17.4. The Morgan fingerprint density at radius 2 is 1.78 bits per heavy atom. The first kappa shape index (κ1) is 17.9. The molecule has 0 saturated carbocycles. The number of fused-ring (bicyclic) bond motifs is 1. The van der Waals surface area contributed by atoms with Crippen LogP contribution in [0.4, 0.5) is 0 Å². The zero-order chi connectivity index (χ0) is 16.8. The molecule has 0 aromatic heterocycles. The molecule has 2 aromatic rings. The van der Waals surface area contributed by atoms with E-state index in [1.807, 2.05) is 6.92 Å². The predicted octanol–water partition coefficient (Wildman–Crippen LogP) is 6.50. The fraction of sp³-hybridized carbons (Fsp3) is 0.182. The van der Waals surface area contributed by atoms with Crippen molar-refractivity contribution in [1.82, 2.24) is 0 Å². The Hall–Kier alpha value is -1.46. The molecule has 1 aliphatic carbocycles. The van der Waals surface area contributed by atoms with Gasteiger partial charge in [0.15, 0.2) is 0 Å². The Balaban J connectivity index is 0.000000338. The summed E-state index contributed by atoms with van der Waals surface area (Å²) in [5.74, 6) is 0. The Kier molecular flexibility index (Phi) is 6.54. The van der Waals surface area contributed by atoms with Gasteiger partial charge < -0.3 is 0 Å². The first-order valence-corrected chi connectivity index (χ1v) is 9.38. The van der Waals surface area contributed by atoms with Gasteiger partial charge >= 0.3 is 124 Å². The molecule has 0 aliphatic heterocycles. The molecule has 115 valence electrons. The van der Waals surface area contributed by atoms with Crippen molar-refractivity contribution in [2.75, 3.05) is 0 Å². The van der Waals surface area contributed by atoms with Crippen molar-refractivity contribution in [3.8, 4) is 11.1 Å². The van der Waals surface area contributed by atoms with Crippen LogP contribution in [0.5, 0.6) is 0 Å². The molecule has 1 atom stereocenters. The number of hydrogen-bond donors (Lipinski definition) is 0. The van der Waals surface area contributed by atoms with E-state index in [2.05, 4.69) is 74.7 Å². The van der Waals surface area contributed by atoms with Gasteiger partial charge in [0.25, 0.3) is 0 Å². The Morgan fingerprint density at radius 3 is 2.35 bits per heavy atom. The van der Waals surface area contributed by atoms with Gasteiger partial charge in [-0.1, -0.05) is 24.8 Å². The molecular formula is C22H23Zr. The standard InChI is InChI=1S/C17H15.C5H8.Zr/c1-2-13-11-15-9-6-10-16(17(15)12-13)14-7-4-3-5-8-14;1-4-5(2)3;/h3-12H,2H2,1H3;4H,1-2H2,3H3;. The van der Waals surface area contributed by atoms with Crippen molar-refractivity contribution in [2.45, 2.75) is 23.9 Å². The maximum absolute atomic E-state index is 3.56. The molecule has 0 nitrogen and oxygen atoms in total. The number of benzene rings is 2. The molecule has 0 saturated heterocycles. The van der Waals surface area contributed by atoms with Crippen LogP contribution in [0.3, 0.4) is 0 Å². The van der Waals surface area contributed by atoms with Crippen LogP contribution in [0.15, 0.2) is 78.9 Å². The molecule has 1 aliphatic rings. The summed E-state index contributed by atoms with van der Waals surface area (Å²) in [4.78, 5) is 0. The fourth-order valence-corrected chi connectivity index (χ4v) is 3.97. The third-order valence-corrected chi connectivity index (χ3v) is 5.67. The van der Waals surface area contributed by atoms with Crippen LogP contribution in [0.1, 0.15) is 35.0 Å². The topological polar surface area (TPSA) is 0 Å². The molecule has 3 rings (SSSR count). The predicted molar refractivity (Wildman–Crippen MR) is 97.9 cm³/mol. The fourth-order valence-electron chi connectivity index (χ4n) is 2.64. The van der Waals surface area contributed by atoms with Gasteiger partial charge in [-0.3, -0.25) is 0 Å². The monoisotopic (exact) mass is 377 g/mol. The van der Waals surface area contributed by atoms with Gasteiger partial charge in [0, 0.05) is 0 Å². The van der Waals surface area contributed by atoms with Crippen LogP contribution in [-0.4, -0.2) is 0 Å². The van der Waals surface area contributed by atoms with E-state index in [0.717, 1.165) is 5.57 Å². The summed E-state index contributed by atoms with van der Waals surface area (Å²) >= 11 is 1.60.